The summed E-state index contributed by atoms with van der Waals surface area (Å²) in [5.74, 6) is 4.79. The van der Waals surface area contributed by atoms with Crippen LogP contribution >= 0.6 is 11.3 Å². The van der Waals surface area contributed by atoms with Crippen molar-refractivity contribution in [3.63, 3.8) is 0 Å². The van der Waals surface area contributed by atoms with Crippen molar-refractivity contribution in [1.29, 1.82) is 0 Å². The number of aryl methyl sites for hydroxylation is 1. The van der Waals surface area contributed by atoms with Crippen LogP contribution in [-0.4, -0.2) is 143 Å². The number of aromatic nitrogens is 3. The van der Waals surface area contributed by atoms with Crippen molar-refractivity contribution in [2.75, 3.05) is 61.0 Å². The van der Waals surface area contributed by atoms with Crippen LogP contribution in [0.2, 0.25) is 0 Å². The number of nitrogens with zero attached hydrogens (tertiary/aromatic N) is 7. The van der Waals surface area contributed by atoms with Gasteiger partial charge in [0.05, 0.1) is 46.4 Å². The standard InChI is InChI=1S/C52H71N9O6S/c1-32(2)46(58(10)28-34-20-24-60(29-34)44(62)19-21-52(6,7)57(8)9)48(63)55-40-26-43-54-41(30-68-43)35-17-18-42-37(25-35)38(47(59(42)11)36-15-13-22-53-45(36)33(3)66-12)27-51(4,5)31-67-50(65)39-16-14-23-61(56-39)49(40)64/h13,15,17-18,22,25,30,32-34,39-40,46,56H,14,16,20,23-24,26-29,31H2,1-12H3,(H,55,63)/t33-,34?,39-,40-,46-/m0/s1. The third-order valence-electron chi connectivity index (χ3n) is 14.1. The molecule has 366 valence electrons. The minimum Gasteiger partial charge on any atom is -0.464 e. The van der Waals surface area contributed by atoms with Gasteiger partial charge in [-0.2, -0.15) is 0 Å². The van der Waals surface area contributed by atoms with E-state index in [-0.39, 0.29) is 48.7 Å². The Morgan fingerprint density at radius 3 is 2.60 bits per heavy atom. The smallest absolute Gasteiger partial charge is 0.324 e. The summed E-state index contributed by atoms with van der Waals surface area (Å²) in [4.78, 5) is 72.0. The number of esters is 1. The molecule has 2 saturated heterocycles. The maximum Gasteiger partial charge on any atom is 0.324 e. The Balaban J connectivity index is 1.19. The summed E-state index contributed by atoms with van der Waals surface area (Å²) in [5.41, 5.74) is 8.93. The predicted molar refractivity (Wildman–Crippen MR) is 266 cm³/mol. The zero-order valence-electron chi connectivity index (χ0n) is 42.1. The number of fused-ring (bicyclic) bond motifs is 6. The van der Waals surface area contributed by atoms with E-state index in [1.807, 2.05) is 77.0 Å². The van der Waals surface area contributed by atoms with Crippen molar-refractivity contribution >= 4 is 45.9 Å². The summed E-state index contributed by atoms with van der Waals surface area (Å²) in [7, 11) is 9.58. The first-order chi connectivity index (χ1) is 32.2. The second kappa shape index (κ2) is 20.8. The molecule has 3 aliphatic rings. The zero-order valence-corrected chi connectivity index (χ0v) is 42.9. The molecule has 0 saturated carbocycles. The second-order valence-electron chi connectivity index (χ2n) is 20.8. The number of likely N-dealkylation sites (N-methyl/N-ethyl adjacent to an activating group) is 1. The summed E-state index contributed by atoms with van der Waals surface area (Å²) in [6.07, 6.45) is 4.17. The van der Waals surface area contributed by atoms with Crippen molar-refractivity contribution in [2.24, 2.45) is 24.3 Å². The maximum atomic E-state index is 14.7. The molecule has 0 aliphatic carbocycles. The molecule has 2 fully saturated rings. The van der Waals surface area contributed by atoms with Gasteiger partial charge in [0.2, 0.25) is 5.91 Å². The van der Waals surface area contributed by atoms with Crippen molar-refractivity contribution in [3.05, 3.63) is 58.2 Å². The van der Waals surface area contributed by atoms with Crippen LogP contribution in [-0.2, 0) is 48.5 Å². The fourth-order valence-corrected chi connectivity index (χ4v) is 10.6. The van der Waals surface area contributed by atoms with Gasteiger partial charge in [-0.15, -0.1) is 11.3 Å². The van der Waals surface area contributed by atoms with Gasteiger partial charge in [0, 0.05) is 85.8 Å². The molecule has 4 aromatic rings. The number of carbonyl (C=O) groups excluding carboxylic acids is 4. The lowest BCUT2D eigenvalue weighted by molar-refractivity contribution is -0.155. The van der Waals surface area contributed by atoms with Gasteiger partial charge in [-0.05, 0) is 115 Å². The average molecular weight is 950 g/mol. The number of rotatable bonds is 10. The lowest BCUT2D eigenvalue weighted by Gasteiger charge is -2.37. The highest BCUT2D eigenvalue weighted by atomic mass is 32.1. The molecule has 15 nitrogen and oxygen atoms in total. The van der Waals surface area contributed by atoms with E-state index in [0.717, 1.165) is 51.1 Å². The van der Waals surface area contributed by atoms with Crippen molar-refractivity contribution in [2.45, 2.75) is 110 Å². The number of pyridine rings is 1. The monoisotopic (exact) mass is 950 g/mol. The van der Waals surface area contributed by atoms with E-state index in [4.69, 9.17) is 19.4 Å². The molecular formula is C52H71N9O6S. The molecular weight excluding hydrogens is 879 g/mol. The van der Waals surface area contributed by atoms with Gasteiger partial charge in [-0.25, -0.2) is 10.4 Å². The number of hydrazine groups is 1. The van der Waals surface area contributed by atoms with Gasteiger partial charge in [0.15, 0.2) is 0 Å². The van der Waals surface area contributed by atoms with Gasteiger partial charge < -0.3 is 24.3 Å². The fourth-order valence-electron chi connectivity index (χ4n) is 9.72. The summed E-state index contributed by atoms with van der Waals surface area (Å²) in [6.45, 7) is 16.4. The van der Waals surface area contributed by atoms with Crippen LogP contribution in [0.4, 0.5) is 0 Å². The number of hydrogen-bond donors (Lipinski definition) is 2. The number of likely N-dealkylation sites (tertiary alicyclic amines) is 1. The van der Waals surface area contributed by atoms with E-state index in [1.165, 1.54) is 16.3 Å². The molecule has 6 heterocycles. The van der Waals surface area contributed by atoms with Crippen LogP contribution in [0.3, 0.4) is 0 Å². The quantitative estimate of drug-likeness (QED) is 0.145. The van der Waals surface area contributed by atoms with Crippen LogP contribution in [0.1, 0.15) is 90.1 Å². The minimum absolute atomic E-state index is 0.0954. The SMILES string of the molecule is CO[C@@H](C)c1ncccc1-c1c2c3cc(ccc3n1C)-c1csc(n1)C[C@H](NC(=O)[C@H](C(C)C)N(C)CC1CCN(C(=O)C#CC(C)(C)N(C)C)C1)C(=O)N1CCC[C@H](N1)C(=O)OCC(C)(C)C2. The Bertz CT molecular complexity index is 2570. The molecule has 2 N–H and O–H groups in total. The largest absolute Gasteiger partial charge is 0.464 e. The van der Waals surface area contributed by atoms with Gasteiger partial charge in [-0.3, -0.25) is 39.0 Å². The molecule has 3 aromatic heterocycles. The Hall–Kier alpha value is -5.18. The Morgan fingerprint density at radius 2 is 1.88 bits per heavy atom. The van der Waals surface area contributed by atoms with Crippen LogP contribution in [0.15, 0.2) is 41.9 Å². The molecule has 68 heavy (non-hydrogen) atoms. The number of hydrogen-bond acceptors (Lipinski definition) is 12. The molecule has 6 bridgehead atoms. The van der Waals surface area contributed by atoms with E-state index in [9.17, 15) is 19.2 Å². The number of carbonyl (C=O) groups is 4. The number of ether oxygens (including phenoxy) is 2. The van der Waals surface area contributed by atoms with Gasteiger partial charge in [-0.1, -0.05) is 39.7 Å². The van der Waals surface area contributed by atoms with Crippen molar-refractivity contribution in [1.82, 2.24) is 45.0 Å². The summed E-state index contributed by atoms with van der Waals surface area (Å²) < 4.78 is 14.1. The number of thiazole rings is 1. The summed E-state index contributed by atoms with van der Waals surface area (Å²) in [6, 6.07) is 8.13. The van der Waals surface area contributed by atoms with Crippen LogP contribution in [0.5, 0.6) is 0 Å². The highest BCUT2D eigenvalue weighted by molar-refractivity contribution is 7.10. The first-order valence-corrected chi connectivity index (χ1v) is 24.8. The number of nitrogens with one attached hydrogen (secondary N) is 2. The summed E-state index contributed by atoms with van der Waals surface area (Å²) >= 11 is 1.45. The number of amides is 3. The predicted octanol–water partition coefficient (Wildman–Crippen LogP) is 5.87. The van der Waals surface area contributed by atoms with Crippen LogP contribution in [0, 0.1) is 29.1 Å². The lowest BCUT2D eigenvalue weighted by Crippen LogP contribution is -2.62. The first kappa shape index (κ1) is 50.7. The average Bonchev–Trinajstić information content (AvgIpc) is 4.04. The second-order valence-corrected chi connectivity index (χ2v) is 21.8. The van der Waals surface area contributed by atoms with Crippen LogP contribution in [0.25, 0.3) is 33.4 Å². The first-order valence-electron chi connectivity index (χ1n) is 24.0. The van der Waals surface area contributed by atoms with Crippen LogP contribution < -0.4 is 10.7 Å². The molecule has 16 heteroatoms. The Morgan fingerprint density at radius 1 is 1.12 bits per heavy atom. The van der Waals surface area contributed by atoms with E-state index in [0.29, 0.717) is 50.4 Å². The number of methoxy groups -OCH3 is 1. The molecule has 3 aliphatic heterocycles. The number of benzene rings is 1. The van der Waals surface area contributed by atoms with Gasteiger partial charge >= 0.3 is 5.97 Å². The van der Waals surface area contributed by atoms with E-state index < -0.39 is 35.0 Å². The van der Waals surface area contributed by atoms with E-state index in [1.54, 1.807) is 18.2 Å². The molecule has 1 aromatic carbocycles. The molecule has 0 spiro atoms. The molecule has 5 atom stereocenters. The van der Waals surface area contributed by atoms with E-state index in [2.05, 4.69) is 72.3 Å². The topological polar surface area (TPSA) is 154 Å². The van der Waals surface area contributed by atoms with Crippen molar-refractivity contribution in [3.8, 4) is 34.4 Å². The zero-order chi connectivity index (χ0) is 49.2. The molecule has 7 rings (SSSR count). The van der Waals surface area contributed by atoms with Crippen molar-refractivity contribution < 1.29 is 28.7 Å². The third kappa shape index (κ3) is 11.1. The lowest BCUT2D eigenvalue weighted by atomic mass is 9.84. The fraction of sp³-hybridized carbons (Fsp3) is 0.577. The maximum absolute atomic E-state index is 14.7. The highest BCUT2D eigenvalue weighted by Crippen LogP contribution is 2.41. The molecule has 0 radical (unpaired) electrons. The normalized spacial score (nSPS) is 21.1. The van der Waals surface area contributed by atoms with E-state index >= 15 is 0 Å². The molecule has 1 unspecified atom stereocenters. The Kier molecular flexibility index (Phi) is 15.5. The third-order valence-corrected chi connectivity index (χ3v) is 14.9. The molecule has 3 amide bonds. The van der Waals surface area contributed by atoms with Gasteiger partial charge in [0.25, 0.3) is 11.8 Å². The summed E-state index contributed by atoms with van der Waals surface area (Å²) in [5, 5.41) is 8.40. The number of cyclic esters (lactones) is 1. The highest BCUT2D eigenvalue weighted by Gasteiger charge is 2.38. The minimum atomic E-state index is -0.977. The Labute approximate surface area is 406 Å². The van der Waals surface area contributed by atoms with Gasteiger partial charge in [0.1, 0.15) is 12.1 Å².